The minimum absolute atomic E-state index is 0.203. The van der Waals surface area contributed by atoms with Crippen LogP contribution in [0, 0.1) is 5.41 Å². The summed E-state index contributed by atoms with van der Waals surface area (Å²) in [7, 11) is 0. The molecule has 0 radical (unpaired) electrons. The van der Waals surface area contributed by atoms with Gasteiger partial charge in [0.25, 0.3) is 0 Å². The second-order valence-corrected chi connectivity index (χ2v) is 5.93. The number of benzene rings is 1. The van der Waals surface area contributed by atoms with Gasteiger partial charge in [-0.2, -0.15) is 0 Å². The first kappa shape index (κ1) is 10.7. The molecule has 0 saturated heterocycles. The van der Waals surface area contributed by atoms with Crippen molar-refractivity contribution in [2.75, 3.05) is 5.75 Å². The molecule has 0 spiro atoms. The Labute approximate surface area is 96.0 Å². The van der Waals surface area contributed by atoms with Crippen LogP contribution in [0.25, 0.3) is 0 Å². The van der Waals surface area contributed by atoms with Gasteiger partial charge in [0.05, 0.1) is 11.1 Å². The first-order valence-corrected chi connectivity index (χ1v) is 6.32. The number of hydrogen-bond acceptors (Lipinski definition) is 2. The lowest BCUT2D eigenvalue weighted by atomic mass is 9.98. The molecule has 0 aliphatic carbocycles. The Bertz CT molecular complexity index is 362. The van der Waals surface area contributed by atoms with Crippen LogP contribution in [0.5, 0.6) is 0 Å². The van der Waals surface area contributed by atoms with Gasteiger partial charge in [-0.05, 0) is 5.56 Å². The van der Waals surface area contributed by atoms with Crippen molar-refractivity contribution in [3.63, 3.8) is 0 Å². The van der Waals surface area contributed by atoms with Crippen molar-refractivity contribution in [3.8, 4) is 0 Å². The fraction of sp³-hybridized carbons (Fsp3) is 0.462. The molecule has 0 fully saturated rings. The third-order valence-corrected chi connectivity index (χ3v) is 3.95. The highest BCUT2D eigenvalue weighted by atomic mass is 32.2. The second-order valence-electron chi connectivity index (χ2n) is 4.92. The Morgan fingerprint density at radius 3 is 2.40 bits per heavy atom. The van der Waals surface area contributed by atoms with Gasteiger partial charge in [0.1, 0.15) is 0 Å². The fourth-order valence-electron chi connectivity index (χ4n) is 1.63. The maximum atomic E-state index is 4.81. The van der Waals surface area contributed by atoms with Crippen LogP contribution in [0.1, 0.15) is 32.4 Å². The van der Waals surface area contributed by atoms with E-state index in [1.807, 2.05) is 11.8 Å². The normalized spacial score (nSPS) is 21.5. The molecular weight excluding hydrogens is 202 g/mol. The average Bonchev–Trinajstić information content (AvgIpc) is 2.67. The molecule has 1 aromatic rings. The van der Waals surface area contributed by atoms with Crippen LogP contribution < -0.4 is 0 Å². The van der Waals surface area contributed by atoms with E-state index >= 15 is 0 Å². The molecule has 1 atom stereocenters. The van der Waals surface area contributed by atoms with E-state index in [9.17, 15) is 0 Å². The summed E-state index contributed by atoms with van der Waals surface area (Å²) in [6.07, 6.45) is 0. The van der Waals surface area contributed by atoms with Crippen LogP contribution in [0.15, 0.2) is 35.3 Å². The Balaban J connectivity index is 2.20. The molecule has 1 heterocycles. The van der Waals surface area contributed by atoms with Crippen molar-refractivity contribution in [3.05, 3.63) is 35.9 Å². The summed E-state index contributed by atoms with van der Waals surface area (Å²) in [5, 5.41) is 1.29. The number of aliphatic imine (C=N–C) groups is 1. The predicted octanol–water partition coefficient (Wildman–Crippen LogP) is 3.92. The summed E-state index contributed by atoms with van der Waals surface area (Å²) in [6, 6.07) is 10.9. The first-order valence-electron chi connectivity index (χ1n) is 5.33. The van der Waals surface area contributed by atoms with Gasteiger partial charge in [-0.1, -0.05) is 51.1 Å². The summed E-state index contributed by atoms with van der Waals surface area (Å²) in [6.45, 7) is 6.69. The molecule has 0 bridgehead atoms. The molecular formula is C13H17NS. The van der Waals surface area contributed by atoms with Crippen LogP contribution >= 0.6 is 11.8 Å². The van der Waals surface area contributed by atoms with Gasteiger partial charge in [0.15, 0.2) is 0 Å². The van der Waals surface area contributed by atoms with E-state index in [-0.39, 0.29) is 5.41 Å². The zero-order valence-electron chi connectivity index (χ0n) is 9.53. The third-order valence-electron chi connectivity index (χ3n) is 2.48. The predicted molar refractivity (Wildman–Crippen MR) is 68.5 cm³/mol. The van der Waals surface area contributed by atoms with Crippen LogP contribution in [-0.4, -0.2) is 10.8 Å². The lowest BCUT2D eigenvalue weighted by Gasteiger charge is -2.16. The van der Waals surface area contributed by atoms with E-state index in [4.69, 9.17) is 4.99 Å². The standard InChI is InChI=1S/C13H17NS/c1-13(2,3)12-14-11(9-15-12)10-7-5-4-6-8-10/h4-8,11H,9H2,1-3H3/t11-/m0/s1. The van der Waals surface area contributed by atoms with E-state index in [0.717, 1.165) is 5.75 Å². The van der Waals surface area contributed by atoms with Crippen molar-refractivity contribution in [1.82, 2.24) is 0 Å². The smallest absolute Gasteiger partial charge is 0.0853 e. The summed E-state index contributed by atoms with van der Waals surface area (Å²) < 4.78 is 0. The maximum absolute atomic E-state index is 4.81. The van der Waals surface area contributed by atoms with E-state index in [1.54, 1.807) is 0 Å². The average molecular weight is 219 g/mol. The third kappa shape index (κ3) is 2.43. The summed E-state index contributed by atoms with van der Waals surface area (Å²) in [5.74, 6) is 1.09. The molecule has 2 heteroatoms. The van der Waals surface area contributed by atoms with Crippen LogP contribution in [0.3, 0.4) is 0 Å². The summed E-state index contributed by atoms with van der Waals surface area (Å²) >= 11 is 1.90. The highest BCUT2D eigenvalue weighted by molar-refractivity contribution is 8.14. The van der Waals surface area contributed by atoms with Gasteiger partial charge in [0, 0.05) is 11.2 Å². The van der Waals surface area contributed by atoms with Crippen molar-refractivity contribution >= 4 is 16.8 Å². The molecule has 1 nitrogen and oxygen atoms in total. The Morgan fingerprint density at radius 2 is 1.87 bits per heavy atom. The lowest BCUT2D eigenvalue weighted by Crippen LogP contribution is -2.14. The number of rotatable bonds is 1. The minimum atomic E-state index is 0.203. The van der Waals surface area contributed by atoms with Crippen molar-refractivity contribution in [2.24, 2.45) is 10.4 Å². The van der Waals surface area contributed by atoms with Crippen molar-refractivity contribution in [2.45, 2.75) is 26.8 Å². The molecule has 0 unspecified atom stereocenters. The van der Waals surface area contributed by atoms with Crippen molar-refractivity contribution in [1.29, 1.82) is 0 Å². The highest BCUT2D eigenvalue weighted by Gasteiger charge is 2.27. The molecule has 0 amide bonds. The van der Waals surface area contributed by atoms with Crippen LogP contribution in [-0.2, 0) is 0 Å². The molecule has 1 aliphatic heterocycles. The number of nitrogens with zero attached hydrogens (tertiary/aromatic N) is 1. The number of thioether (sulfide) groups is 1. The zero-order valence-corrected chi connectivity index (χ0v) is 10.3. The topological polar surface area (TPSA) is 12.4 Å². The van der Waals surface area contributed by atoms with E-state index in [0.29, 0.717) is 6.04 Å². The minimum Gasteiger partial charge on any atom is -0.273 e. The molecule has 1 aliphatic rings. The van der Waals surface area contributed by atoms with Crippen LogP contribution in [0.4, 0.5) is 0 Å². The largest absolute Gasteiger partial charge is 0.273 e. The first-order chi connectivity index (χ1) is 7.07. The van der Waals surface area contributed by atoms with Gasteiger partial charge in [0.2, 0.25) is 0 Å². The molecule has 80 valence electrons. The molecule has 15 heavy (non-hydrogen) atoms. The fourth-order valence-corrected chi connectivity index (χ4v) is 2.85. The Hall–Kier alpha value is -0.760. The van der Waals surface area contributed by atoms with Gasteiger partial charge < -0.3 is 0 Å². The zero-order chi connectivity index (χ0) is 10.9. The van der Waals surface area contributed by atoms with Gasteiger partial charge in [-0.15, -0.1) is 11.8 Å². The summed E-state index contributed by atoms with van der Waals surface area (Å²) in [4.78, 5) is 4.81. The van der Waals surface area contributed by atoms with Crippen molar-refractivity contribution < 1.29 is 0 Å². The Kier molecular flexibility index (Phi) is 2.87. The van der Waals surface area contributed by atoms with Gasteiger partial charge >= 0.3 is 0 Å². The van der Waals surface area contributed by atoms with Gasteiger partial charge in [-0.3, -0.25) is 4.99 Å². The highest BCUT2D eigenvalue weighted by Crippen LogP contribution is 2.37. The Morgan fingerprint density at radius 1 is 1.20 bits per heavy atom. The molecule has 0 saturated carbocycles. The molecule has 0 aromatic heterocycles. The monoisotopic (exact) mass is 219 g/mol. The SMILES string of the molecule is CC(C)(C)C1=N[C@H](c2ccccc2)CS1. The van der Waals surface area contributed by atoms with E-state index < -0.39 is 0 Å². The second kappa shape index (κ2) is 4.01. The summed E-state index contributed by atoms with van der Waals surface area (Å²) in [5.41, 5.74) is 1.54. The molecule has 0 N–H and O–H groups in total. The van der Waals surface area contributed by atoms with Crippen LogP contribution in [0.2, 0.25) is 0 Å². The molecule has 1 aromatic carbocycles. The number of hydrogen-bond donors (Lipinski definition) is 0. The maximum Gasteiger partial charge on any atom is 0.0853 e. The molecule has 2 rings (SSSR count). The van der Waals surface area contributed by atoms with E-state index in [1.165, 1.54) is 10.6 Å². The quantitative estimate of drug-likeness (QED) is 0.697. The lowest BCUT2D eigenvalue weighted by molar-refractivity contribution is 0.597. The van der Waals surface area contributed by atoms with E-state index in [2.05, 4.69) is 51.1 Å². The van der Waals surface area contributed by atoms with Gasteiger partial charge in [-0.25, -0.2) is 0 Å².